The Hall–Kier alpha value is -2.32. The number of rotatable bonds is 4. The molecular weight excluding hydrogens is 398 g/mol. The van der Waals surface area contributed by atoms with Crippen LogP contribution in [0.1, 0.15) is 60.0 Å². The number of thiazole rings is 1. The lowest BCUT2D eigenvalue weighted by atomic mass is 9.79. The quantitative estimate of drug-likeness (QED) is 0.630. The van der Waals surface area contributed by atoms with E-state index in [1.165, 1.54) is 5.56 Å². The molecule has 0 aromatic carbocycles. The van der Waals surface area contributed by atoms with Crippen molar-refractivity contribution < 1.29 is 9.63 Å². The molecule has 0 radical (unpaired) electrons. The molecule has 1 aliphatic carbocycles. The van der Waals surface area contributed by atoms with E-state index >= 15 is 0 Å². The number of nitrogens with zero attached hydrogens (tertiary/aromatic N) is 5. The van der Waals surface area contributed by atoms with Gasteiger partial charge in [0.2, 0.25) is 5.91 Å². The molecule has 0 spiro atoms. The predicted octanol–water partition coefficient (Wildman–Crippen LogP) is 4.06. The number of hydroxylamine groups is 2. The minimum atomic E-state index is -0.0300. The van der Waals surface area contributed by atoms with Gasteiger partial charge in [-0.3, -0.25) is 9.63 Å². The van der Waals surface area contributed by atoms with Crippen molar-refractivity contribution in [1.82, 2.24) is 24.6 Å². The molecule has 8 heteroatoms. The van der Waals surface area contributed by atoms with Gasteiger partial charge in [0.1, 0.15) is 12.4 Å². The molecule has 158 valence electrons. The molecule has 1 atom stereocenters. The van der Waals surface area contributed by atoms with Crippen molar-refractivity contribution in [2.75, 3.05) is 6.61 Å². The van der Waals surface area contributed by atoms with Gasteiger partial charge < -0.3 is 0 Å². The Labute approximate surface area is 180 Å². The fourth-order valence-corrected chi connectivity index (χ4v) is 5.55. The van der Waals surface area contributed by atoms with Crippen molar-refractivity contribution in [2.24, 2.45) is 11.8 Å². The standard InChI is InChI=1S/C22H27N5O2S/c1-14-9-17(11-26-21(14)23-13-24-26)10-16-3-5-18(6-4-16)22(28)27-20(7-8-29-27)19-12-30-15(2)25-19/h9,11-13,16,18,20H,3-8,10H2,1-2H3/t16-,18-,20-/m0/s1. The van der Waals surface area contributed by atoms with Gasteiger partial charge in [0.25, 0.3) is 0 Å². The van der Waals surface area contributed by atoms with Crippen LogP contribution in [0.5, 0.6) is 0 Å². The lowest BCUT2D eigenvalue weighted by Gasteiger charge is -2.31. The molecule has 3 aromatic rings. The van der Waals surface area contributed by atoms with Crippen LogP contribution in [0.2, 0.25) is 0 Å². The van der Waals surface area contributed by atoms with Crippen molar-refractivity contribution in [1.29, 1.82) is 0 Å². The number of pyridine rings is 1. The average Bonchev–Trinajstić information content (AvgIpc) is 3.48. The lowest BCUT2D eigenvalue weighted by Crippen LogP contribution is -2.37. The molecule has 2 aliphatic rings. The van der Waals surface area contributed by atoms with E-state index in [1.807, 2.05) is 11.4 Å². The number of carbonyl (C=O) groups excluding carboxylic acids is 1. The fourth-order valence-electron chi connectivity index (χ4n) is 4.89. The summed E-state index contributed by atoms with van der Waals surface area (Å²) in [5.74, 6) is 0.800. The first kappa shape index (κ1) is 19.6. The van der Waals surface area contributed by atoms with E-state index in [9.17, 15) is 4.79 Å². The topological polar surface area (TPSA) is 72.6 Å². The van der Waals surface area contributed by atoms with Crippen LogP contribution in [0.4, 0.5) is 0 Å². The van der Waals surface area contributed by atoms with Crippen molar-refractivity contribution in [2.45, 2.75) is 58.4 Å². The number of carbonyl (C=O) groups is 1. The van der Waals surface area contributed by atoms with Crippen LogP contribution >= 0.6 is 11.3 Å². The molecule has 4 heterocycles. The number of aromatic nitrogens is 4. The second-order valence-corrected chi connectivity index (χ2v) is 9.64. The van der Waals surface area contributed by atoms with E-state index in [0.29, 0.717) is 12.5 Å². The molecule has 0 N–H and O–H groups in total. The fraction of sp³-hybridized carbons (Fsp3) is 0.545. The Morgan fingerprint density at radius 3 is 2.83 bits per heavy atom. The number of hydrogen-bond acceptors (Lipinski definition) is 6. The number of fused-ring (bicyclic) bond motifs is 1. The van der Waals surface area contributed by atoms with Crippen molar-refractivity contribution in [3.63, 3.8) is 0 Å². The van der Waals surface area contributed by atoms with Crippen LogP contribution in [0.25, 0.3) is 5.65 Å². The van der Waals surface area contributed by atoms with Gasteiger partial charge in [-0.25, -0.2) is 19.5 Å². The lowest BCUT2D eigenvalue weighted by molar-refractivity contribution is -0.183. The highest BCUT2D eigenvalue weighted by Crippen LogP contribution is 2.37. The largest absolute Gasteiger partial charge is 0.272 e. The van der Waals surface area contributed by atoms with E-state index in [1.54, 1.807) is 22.7 Å². The van der Waals surface area contributed by atoms with Crippen LogP contribution in [0.15, 0.2) is 24.0 Å². The summed E-state index contributed by atoms with van der Waals surface area (Å²) in [5.41, 5.74) is 4.34. The van der Waals surface area contributed by atoms with Gasteiger partial charge in [0.15, 0.2) is 5.65 Å². The van der Waals surface area contributed by atoms with Crippen molar-refractivity contribution >= 4 is 22.9 Å². The zero-order valence-electron chi connectivity index (χ0n) is 17.5. The molecule has 7 nitrogen and oxygen atoms in total. The van der Waals surface area contributed by atoms with Gasteiger partial charge in [-0.05, 0) is 63.0 Å². The molecule has 0 unspecified atom stereocenters. The maximum Gasteiger partial charge on any atom is 0.249 e. The zero-order valence-corrected chi connectivity index (χ0v) is 18.3. The Morgan fingerprint density at radius 1 is 1.23 bits per heavy atom. The molecule has 1 amide bonds. The maximum atomic E-state index is 13.2. The predicted molar refractivity (Wildman–Crippen MR) is 114 cm³/mol. The smallest absolute Gasteiger partial charge is 0.249 e. The number of aryl methyl sites for hydroxylation is 2. The van der Waals surface area contributed by atoms with Gasteiger partial charge in [-0.1, -0.05) is 6.07 Å². The van der Waals surface area contributed by atoms with E-state index < -0.39 is 0 Å². The highest BCUT2D eigenvalue weighted by molar-refractivity contribution is 7.09. The van der Waals surface area contributed by atoms with E-state index in [4.69, 9.17) is 4.84 Å². The van der Waals surface area contributed by atoms with Crippen LogP contribution in [0, 0.1) is 25.7 Å². The van der Waals surface area contributed by atoms with Crippen LogP contribution in [0.3, 0.4) is 0 Å². The summed E-state index contributed by atoms with van der Waals surface area (Å²) in [6.45, 7) is 4.67. The van der Waals surface area contributed by atoms with Crippen LogP contribution < -0.4 is 0 Å². The Bertz CT molecular complexity index is 1050. The monoisotopic (exact) mass is 425 g/mol. The molecule has 30 heavy (non-hydrogen) atoms. The molecule has 5 rings (SSSR count). The van der Waals surface area contributed by atoms with E-state index in [0.717, 1.165) is 60.4 Å². The van der Waals surface area contributed by atoms with E-state index in [-0.39, 0.29) is 17.9 Å². The average molecular weight is 426 g/mol. The third-order valence-electron chi connectivity index (χ3n) is 6.44. The summed E-state index contributed by atoms with van der Waals surface area (Å²) in [6, 6.07) is 2.19. The summed E-state index contributed by atoms with van der Waals surface area (Å²) < 4.78 is 1.87. The minimum Gasteiger partial charge on any atom is -0.272 e. The third-order valence-corrected chi connectivity index (χ3v) is 7.23. The second-order valence-electron chi connectivity index (χ2n) is 8.57. The zero-order chi connectivity index (χ0) is 20.7. The summed E-state index contributed by atoms with van der Waals surface area (Å²) >= 11 is 1.63. The van der Waals surface area contributed by atoms with Gasteiger partial charge in [-0.15, -0.1) is 11.3 Å². The molecule has 1 aliphatic heterocycles. The molecular formula is C22H27N5O2S. The second kappa shape index (κ2) is 8.07. The minimum absolute atomic E-state index is 0.0300. The Balaban J connectivity index is 1.20. The highest BCUT2D eigenvalue weighted by atomic mass is 32.1. The Morgan fingerprint density at radius 2 is 2.07 bits per heavy atom. The molecule has 0 bridgehead atoms. The Kier molecular flexibility index (Phi) is 5.28. The summed E-state index contributed by atoms with van der Waals surface area (Å²) in [5, 5.41) is 9.00. The molecule has 1 saturated carbocycles. The molecule has 3 aromatic heterocycles. The highest BCUT2D eigenvalue weighted by Gasteiger charge is 2.38. The number of hydrogen-bond donors (Lipinski definition) is 0. The summed E-state index contributed by atoms with van der Waals surface area (Å²) in [7, 11) is 0. The third kappa shape index (κ3) is 3.74. The van der Waals surface area contributed by atoms with Gasteiger partial charge in [0, 0.05) is 23.9 Å². The SMILES string of the molecule is Cc1nc([C@@H]2CCON2C(=O)[C@H]2CC[C@H](Cc3cc(C)c4ncnn4c3)CC2)cs1. The van der Waals surface area contributed by atoms with Gasteiger partial charge in [-0.2, -0.15) is 5.10 Å². The number of amides is 1. The summed E-state index contributed by atoms with van der Waals surface area (Å²) in [6.07, 6.45) is 9.54. The van der Waals surface area contributed by atoms with Gasteiger partial charge >= 0.3 is 0 Å². The first-order chi connectivity index (χ1) is 14.6. The molecule has 1 saturated heterocycles. The van der Waals surface area contributed by atoms with E-state index in [2.05, 4.69) is 39.6 Å². The van der Waals surface area contributed by atoms with Crippen molar-refractivity contribution in [3.8, 4) is 0 Å². The maximum absolute atomic E-state index is 13.2. The van der Waals surface area contributed by atoms with Crippen LogP contribution in [-0.4, -0.2) is 37.2 Å². The van der Waals surface area contributed by atoms with Crippen molar-refractivity contribution in [3.05, 3.63) is 45.8 Å². The first-order valence-corrected chi connectivity index (χ1v) is 11.6. The van der Waals surface area contributed by atoms with Gasteiger partial charge in [0.05, 0.1) is 17.3 Å². The molecule has 2 fully saturated rings. The van der Waals surface area contributed by atoms with Crippen LogP contribution in [-0.2, 0) is 16.1 Å². The summed E-state index contributed by atoms with van der Waals surface area (Å²) in [4.78, 5) is 27.8. The normalized spacial score (nSPS) is 24.6. The first-order valence-electron chi connectivity index (χ1n) is 10.8.